The van der Waals surface area contributed by atoms with Crippen molar-refractivity contribution < 1.29 is 19.1 Å². The first-order valence-electron chi connectivity index (χ1n) is 7.40. The number of benzene rings is 1. The van der Waals surface area contributed by atoms with Crippen LogP contribution in [0, 0.1) is 23.7 Å². The van der Waals surface area contributed by atoms with Gasteiger partial charge in [0.25, 0.3) is 0 Å². The molecular weight excluding hydrogens is 306 g/mol. The summed E-state index contributed by atoms with van der Waals surface area (Å²) in [5.74, 6) is 11.4. The van der Waals surface area contributed by atoms with Crippen LogP contribution in [0.1, 0.15) is 17.9 Å². The number of methoxy groups -OCH3 is 2. The Morgan fingerprint density at radius 3 is 2.79 bits per heavy atom. The second-order valence-corrected chi connectivity index (χ2v) is 5.27. The van der Waals surface area contributed by atoms with E-state index in [2.05, 4.69) is 23.7 Å². The number of rotatable bonds is 1. The van der Waals surface area contributed by atoms with E-state index in [1.54, 1.807) is 37.5 Å². The zero-order valence-electron chi connectivity index (χ0n) is 13.3. The van der Waals surface area contributed by atoms with Gasteiger partial charge in [0.2, 0.25) is 0 Å². The van der Waals surface area contributed by atoms with Gasteiger partial charge < -0.3 is 9.47 Å². The van der Waals surface area contributed by atoms with Crippen LogP contribution in [-0.4, -0.2) is 32.1 Å². The quantitative estimate of drug-likeness (QED) is 0.745. The molecule has 0 N–H and O–H groups in total. The molecule has 2 atom stereocenters. The topological polar surface area (TPSA) is 55.8 Å². The molecule has 2 unspecified atom stereocenters. The Morgan fingerprint density at radius 1 is 1.25 bits per heavy atom. The van der Waals surface area contributed by atoms with Gasteiger partial charge in [-0.25, -0.2) is 4.79 Å². The number of carbonyl (C=O) groups excluding carboxylic acids is 2. The van der Waals surface area contributed by atoms with E-state index in [0.29, 0.717) is 23.4 Å². The molecule has 5 heteroatoms. The maximum atomic E-state index is 13.0. The summed E-state index contributed by atoms with van der Waals surface area (Å²) in [6.45, 7) is 0. The third kappa shape index (κ3) is 2.61. The molecule has 120 valence electrons. The Bertz CT molecular complexity index is 848. The molecule has 3 rings (SSSR count). The van der Waals surface area contributed by atoms with Gasteiger partial charge in [-0.15, -0.1) is 0 Å². The van der Waals surface area contributed by atoms with Gasteiger partial charge in [0.15, 0.2) is 11.8 Å². The van der Waals surface area contributed by atoms with Crippen LogP contribution in [0.25, 0.3) is 0 Å². The minimum Gasteiger partial charge on any atom is -0.497 e. The first kappa shape index (κ1) is 15.7. The lowest BCUT2D eigenvalue weighted by atomic mass is 9.82. The number of ketones is 1. The molecule has 0 spiro atoms. The van der Waals surface area contributed by atoms with E-state index in [0.717, 1.165) is 0 Å². The molecule has 0 saturated carbocycles. The van der Waals surface area contributed by atoms with Crippen LogP contribution < -0.4 is 9.64 Å². The van der Waals surface area contributed by atoms with Crippen LogP contribution in [0.2, 0.25) is 0 Å². The number of carbonyl (C=O) groups is 2. The second-order valence-electron chi connectivity index (χ2n) is 5.27. The van der Waals surface area contributed by atoms with Crippen LogP contribution in [0.3, 0.4) is 0 Å². The van der Waals surface area contributed by atoms with E-state index >= 15 is 0 Å². The van der Waals surface area contributed by atoms with Gasteiger partial charge in [0.1, 0.15) is 5.75 Å². The van der Waals surface area contributed by atoms with E-state index in [1.807, 2.05) is 0 Å². The molecule has 1 amide bonds. The minimum absolute atomic E-state index is 0.168. The van der Waals surface area contributed by atoms with Crippen LogP contribution in [0.4, 0.5) is 10.5 Å². The van der Waals surface area contributed by atoms with Crippen LogP contribution in [0.15, 0.2) is 30.4 Å². The Labute approximate surface area is 140 Å². The molecule has 1 aliphatic heterocycles. The molecule has 1 aliphatic carbocycles. The molecule has 1 heterocycles. The molecule has 0 fully saturated rings. The van der Waals surface area contributed by atoms with Crippen molar-refractivity contribution in [3.8, 4) is 29.4 Å². The molecular formula is C19H15NO4. The van der Waals surface area contributed by atoms with Crippen molar-refractivity contribution in [3.63, 3.8) is 0 Å². The second kappa shape index (κ2) is 6.52. The number of allylic oxidation sites excluding steroid dienone is 2. The van der Waals surface area contributed by atoms with Gasteiger partial charge in [0, 0.05) is 6.42 Å². The van der Waals surface area contributed by atoms with E-state index < -0.39 is 18.1 Å². The summed E-state index contributed by atoms with van der Waals surface area (Å²) in [5.41, 5.74) is 1.29. The summed E-state index contributed by atoms with van der Waals surface area (Å²) in [7, 11) is 2.83. The summed E-state index contributed by atoms with van der Waals surface area (Å²) in [5, 5.41) is 0. The highest BCUT2D eigenvalue weighted by Gasteiger charge is 2.42. The van der Waals surface area contributed by atoms with Crippen LogP contribution in [0.5, 0.6) is 5.75 Å². The highest BCUT2D eigenvalue weighted by atomic mass is 16.5. The predicted molar refractivity (Wildman–Crippen MR) is 88.7 cm³/mol. The number of hydrogen-bond acceptors (Lipinski definition) is 4. The first-order valence-corrected chi connectivity index (χ1v) is 7.40. The zero-order chi connectivity index (χ0) is 17.1. The highest BCUT2D eigenvalue weighted by Crippen LogP contribution is 2.40. The number of ether oxygens (including phenoxy) is 2. The molecule has 0 saturated heterocycles. The summed E-state index contributed by atoms with van der Waals surface area (Å²) in [6.07, 6.45) is 2.93. The number of Topliss-reactive ketones (excluding diaryl/α,β-unsaturated/α-hetero) is 1. The number of hydrogen-bond donors (Lipinski definition) is 0. The fourth-order valence-corrected chi connectivity index (χ4v) is 2.85. The Balaban J connectivity index is 2.23. The zero-order valence-corrected chi connectivity index (χ0v) is 13.3. The van der Waals surface area contributed by atoms with Crippen LogP contribution >= 0.6 is 0 Å². The van der Waals surface area contributed by atoms with Crippen molar-refractivity contribution in [2.75, 3.05) is 19.1 Å². The average molecular weight is 321 g/mol. The van der Waals surface area contributed by atoms with Crippen LogP contribution in [-0.2, 0) is 9.53 Å². The number of amides is 1. The van der Waals surface area contributed by atoms with Gasteiger partial charge in [-0.05, 0) is 35.9 Å². The average Bonchev–Trinajstić information content (AvgIpc) is 2.61. The van der Waals surface area contributed by atoms with Crippen molar-refractivity contribution in [2.24, 2.45) is 0 Å². The third-order valence-corrected chi connectivity index (χ3v) is 3.99. The van der Waals surface area contributed by atoms with Crippen molar-refractivity contribution in [3.05, 3.63) is 35.9 Å². The van der Waals surface area contributed by atoms with Gasteiger partial charge in [-0.2, -0.15) is 0 Å². The molecule has 5 nitrogen and oxygen atoms in total. The first-order chi connectivity index (χ1) is 11.7. The highest BCUT2D eigenvalue weighted by molar-refractivity contribution is 6.07. The molecule has 1 aromatic carbocycles. The molecule has 2 aliphatic rings. The Morgan fingerprint density at radius 2 is 2.04 bits per heavy atom. The number of fused-ring (bicyclic) bond motifs is 4. The molecule has 24 heavy (non-hydrogen) atoms. The minimum atomic E-state index is -0.895. The van der Waals surface area contributed by atoms with Crippen molar-refractivity contribution >= 4 is 17.6 Å². The summed E-state index contributed by atoms with van der Waals surface area (Å²) >= 11 is 0. The normalized spacial score (nSPS) is 22.1. The van der Waals surface area contributed by atoms with E-state index in [-0.39, 0.29) is 5.78 Å². The van der Waals surface area contributed by atoms with Crippen molar-refractivity contribution in [1.82, 2.24) is 0 Å². The predicted octanol–water partition coefficient (Wildman–Crippen LogP) is 2.27. The van der Waals surface area contributed by atoms with Crippen molar-refractivity contribution in [1.29, 1.82) is 0 Å². The summed E-state index contributed by atoms with van der Waals surface area (Å²) in [6, 6.07) is 4.35. The van der Waals surface area contributed by atoms with Gasteiger partial charge in [0.05, 0.1) is 25.8 Å². The summed E-state index contributed by atoms with van der Waals surface area (Å²) < 4.78 is 10.1. The number of anilines is 1. The molecule has 2 bridgehead atoms. The van der Waals surface area contributed by atoms with Gasteiger partial charge in [-0.3, -0.25) is 9.69 Å². The van der Waals surface area contributed by atoms with E-state index in [9.17, 15) is 9.59 Å². The largest absolute Gasteiger partial charge is 0.497 e. The van der Waals surface area contributed by atoms with Gasteiger partial charge >= 0.3 is 6.09 Å². The smallest absolute Gasteiger partial charge is 0.415 e. The van der Waals surface area contributed by atoms with E-state index in [4.69, 9.17) is 9.47 Å². The molecule has 0 radical (unpaired) electrons. The Kier molecular flexibility index (Phi) is 4.26. The van der Waals surface area contributed by atoms with Gasteiger partial charge in [-0.1, -0.05) is 23.7 Å². The lowest BCUT2D eigenvalue weighted by Crippen LogP contribution is -2.50. The Hall–Kier alpha value is -3.18. The standard InChI is InChI=1S/C19H15NO4/c1-23-13-10-11-16-15(12-13)14-8-6-4-3-5-7-9-17(18(14)21)20(16)19(22)24-2/h3,5,10-12,14,17H,8H2,1-2H3/b5-3+. The lowest BCUT2D eigenvalue weighted by Gasteiger charge is -2.36. The number of nitrogens with zero attached hydrogens (tertiary/aromatic N) is 1. The monoisotopic (exact) mass is 321 g/mol. The lowest BCUT2D eigenvalue weighted by molar-refractivity contribution is -0.120. The summed E-state index contributed by atoms with van der Waals surface area (Å²) in [4.78, 5) is 26.5. The SMILES string of the molecule is COC(=O)N1c2ccc(OC)cc2C2CC#C/C=C/C#CC1C2=O. The molecule has 0 aromatic heterocycles. The fourth-order valence-electron chi connectivity index (χ4n) is 2.85. The van der Waals surface area contributed by atoms with Crippen molar-refractivity contribution in [2.45, 2.75) is 18.4 Å². The van der Waals surface area contributed by atoms with E-state index in [1.165, 1.54) is 12.0 Å². The third-order valence-electron chi connectivity index (χ3n) is 3.99. The maximum Gasteiger partial charge on any atom is 0.415 e. The fraction of sp³-hybridized carbons (Fsp3) is 0.263. The molecule has 1 aromatic rings. The maximum absolute atomic E-state index is 13.0.